The molecule has 2 aromatic rings. The number of rotatable bonds is 5. The predicted molar refractivity (Wildman–Crippen MR) is 128 cm³/mol. The van der Waals surface area contributed by atoms with Crippen LogP contribution in [0.15, 0.2) is 71.8 Å². The summed E-state index contributed by atoms with van der Waals surface area (Å²) in [5.74, 6) is -0.352. The Hall–Kier alpha value is -3.78. The average Bonchev–Trinajstić information content (AvgIpc) is 3.21. The Bertz CT molecular complexity index is 1340. The Morgan fingerprint density at radius 1 is 0.971 bits per heavy atom. The van der Waals surface area contributed by atoms with Crippen molar-refractivity contribution in [2.24, 2.45) is 0 Å². The lowest BCUT2D eigenvalue weighted by atomic mass is 10.1. The van der Waals surface area contributed by atoms with Gasteiger partial charge in [0.2, 0.25) is 0 Å². The maximum Gasteiger partial charge on any atom is 0.282 e. The quantitative estimate of drug-likeness (QED) is 0.460. The minimum Gasteiger partial charge on any atom is -0.353 e. The van der Waals surface area contributed by atoms with Crippen molar-refractivity contribution in [1.29, 1.82) is 0 Å². The Morgan fingerprint density at radius 3 is 2.38 bits per heavy atom. The third-order valence-electron chi connectivity index (χ3n) is 6.33. The fourth-order valence-corrected chi connectivity index (χ4v) is 4.39. The number of piperazine rings is 1. The molecule has 0 bridgehead atoms. The summed E-state index contributed by atoms with van der Waals surface area (Å²) in [4.78, 5) is 30.6. The summed E-state index contributed by atoms with van der Waals surface area (Å²) >= 11 is 0. The van der Waals surface area contributed by atoms with Gasteiger partial charge in [0.25, 0.3) is 11.5 Å². The van der Waals surface area contributed by atoms with Crippen LogP contribution in [0, 0.1) is 5.82 Å². The molecule has 3 aliphatic rings. The lowest BCUT2D eigenvalue weighted by Gasteiger charge is -2.35. The van der Waals surface area contributed by atoms with E-state index in [0.29, 0.717) is 67.3 Å². The van der Waals surface area contributed by atoms with Crippen LogP contribution in [-0.4, -0.2) is 56.2 Å². The van der Waals surface area contributed by atoms with Crippen LogP contribution in [0.5, 0.6) is 0 Å². The molecule has 7 nitrogen and oxygen atoms in total. The van der Waals surface area contributed by atoms with Crippen LogP contribution < -0.4 is 5.56 Å². The number of carbonyl (C=O) groups excluding carboxylic acids is 1. The number of fused-ring (bicyclic) bond motifs is 1. The largest absolute Gasteiger partial charge is 0.353 e. The van der Waals surface area contributed by atoms with Gasteiger partial charge in [-0.2, -0.15) is 9.78 Å². The van der Waals surface area contributed by atoms with Gasteiger partial charge in [0, 0.05) is 57.2 Å². The van der Waals surface area contributed by atoms with E-state index in [4.69, 9.17) is 0 Å². The highest BCUT2D eigenvalue weighted by Crippen LogP contribution is 2.24. The van der Waals surface area contributed by atoms with E-state index >= 15 is 0 Å². The van der Waals surface area contributed by atoms with Gasteiger partial charge >= 0.3 is 0 Å². The second-order valence-electron chi connectivity index (χ2n) is 8.48. The highest BCUT2D eigenvalue weighted by Gasteiger charge is 2.29. The monoisotopic (exact) mass is 459 g/mol. The van der Waals surface area contributed by atoms with E-state index in [0.717, 1.165) is 0 Å². The summed E-state index contributed by atoms with van der Waals surface area (Å²) < 4.78 is 17.2. The van der Waals surface area contributed by atoms with Crippen LogP contribution >= 0.6 is 0 Å². The number of hydrogen-bond acceptors (Lipinski definition) is 4. The van der Waals surface area contributed by atoms with Gasteiger partial charge < -0.3 is 9.47 Å². The van der Waals surface area contributed by atoms with Crippen LogP contribution in [0.1, 0.15) is 22.8 Å². The van der Waals surface area contributed by atoms with Gasteiger partial charge in [-0.05, 0) is 25.1 Å². The Labute approximate surface area is 197 Å². The molecule has 0 saturated carbocycles. The Morgan fingerprint density at radius 2 is 1.68 bits per heavy atom. The smallest absolute Gasteiger partial charge is 0.282 e. The average molecular weight is 460 g/mol. The summed E-state index contributed by atoms with van der Waals surface area (Å²) in [5, 5.41) is 4.55. The number of aryl methyl sites for hydroxylation is 1. The molecule has 0 spiro atoms. The molecular formula is C26H26FN5O2. The molecule has 0 aromatic heterocycles. The van der Waals surface area contributed by atoms with Crippen molar-refractivity contribution in [2.75, 3.05) is 26.2 Å². The molecule has 2 aromatic carbocycles. The van der Waals surface area contributed by atoms with E-state index in [2.05, 4.69) is 10.00 Å². The normalized spacial score (nSPS) is 14.6. The Kier molecular flexibility index (Phi) is 5.98. The number of aromatic nitrogens is 3. The molecule has 5 rings (SSSR count). The first-order valence-electron chi connectivity index (χ1n) is 11.5. The van der Waals surface area contributed by atoms with Gasteiger partial charge in [-0.15, -0.1) is 0 Å². The van der Waals surface area contributed by atoms with Crippen molar-refractivity contribution in [3.05, 3.63) is 94.3 Å². The van der Waals surface area contributed by atoms with Gasteiger partial charge in [0.1, 0.15) is 11.5 Å². The van der Waals surface area contributed by atoms with Crippen LogP contribution in [-0.2, 0) is 13.1 Å². The van der Waals surface area contributed by atoms with Gasteiger partial charge in [-0.25, -0.2) is 4.39 Å². The minimum atomic E-state index is -0.243. The van der Waals surface area contributed by atoms with Crippen LogP contribution in [0.3, 0.4) is 0 Å². The third-order valence-corrected chi connectivity index (χ3v) is 6.33. The molecule has 0 radical (unpaired) electrons. The summed E-state index contributed by atoms with van der Waals surface area (Å²) in [6.45, 7) is 5.46. The van der Waals surface area contributed by atoms with Crippen molar-refractivity contribution in [3.63, 3.8) is 0 Å². The number of para-hydroxylation sites is 1. The zero-order chi connectivity index (χ0) is 23.7. The second kappa shape index (κ2) is 9.23. The van der Waals surface area contributed by atoms with E-state index < -0.39 is 0 Å². The molecule has 1 fully saturated rings. The number of amides is 1. The highest BCUT2D eigenvalue weighted by molar-refractivity contribution is 6.00. The van der Waals surface area contributed by atoms with Gasteiger partial charge in [-0.1, -0.05) is 36.4 Å². The van der Waals surface area contributed by atoms with Crippen molar-refractivity contribution in [3.8, 4) is 16.9 Å². The van der Waals surface area contributed by atoms with Gasteiger partial charge in [0.05, 0.1) is 16.8 Å². The van der Waals surface area contributed by atoms with Crippen LogP contribution in [0.4, 0.5) is 4.39 Å². The summed E-state index contributed by atoms with van der Waals surface area (Å²) in [7, 11) is 0. The zero-order valence-corrected chi connectivity index (χ0v) is 19.0. The molecule has 0 unspecified atom stereocenters. The molecule has 174 valence electrons. The first-order chi connectivity index (χ1) is 16.5. The van der Waals surface area contributed by atoms with Crippen LogP contribution in [0.2, 0.25) is 0 Å². The van der Waals surface area contributed by atoms with E-state index in [1.54, 1.807) is 29.4 Å². The number of hydrogen-bond donors (Lipinski definition) is 0. The van der Waals surface area contributed by atoms with E-state index in [-0.39, 0.29) is 17.3 Å². The summed E-state index contributed by atoms with van der Waals surface area (Å²) in [6.07, 6.45) is 3.53. The minimum absolute atomic E-state index is 0.143. The van der Waals surface area contributed by atoms with E-state index in [1.165, 1.54) is 10.7 Å². The number of nitrogens with zero attached hydrogens (tertiary/aromatic N) is 5. The number of halogens is 1. The predicted octanol–water partition coefficient (Wildman–Crippen LogP) is 3.26. The SMILES string of the molecule is CCn1cc(C(=O)N2CCN(Cc3ccccc3F)CC2)c2nn(-c3ccccc3)c(=O)c-2c1. The van der Waals surface area contributed by atoms with E-state index in [9.17, 15) is 14.0 Å². The molecule has 34 heavy (non-hydrogen) atoms. The van der Waals surface area contributed by atoms with Crippen molar-refractivity contribution in [2.45, 2.75) is 20.0 Å². The maximum absolute atomic E-state index is 14.0. The fourth-order valence-electron chi connectivity index (χ4n) is 4.39. The standard InChI is InChI=1S/C26H26FN5O2/c1-2-29-17-21(24-22(18-29)26(34)32(28-24)20-9-4-3-5-10-20)25(33)31-14-12-30(13-15-31)16-19-8-6-7-11-23(19)27/h3-11,17-18H,2,12-16H2,1H3. The van der Waals surface area contributed by atoms with Crippen molar-refractivity contribution >= 4 is 5.91 Å². The van der Waals surface area contributed by atoms with Gasteiger partial charge in [-0.3, -0.25) is 14.5 Å². The topological polar surface area (TPSA) is 63.4 Å². The molecule has 1 saturated heterocycles. The Balaban J connectivity index is 1.40. The van der Waals surface area contributed by atoms with Crippen molar-refractivity contribution < 1.29 is 9.18 Å². The lowest BCUT2D eigenvalue weighted by molar-refractivity contribution is 0.0626. The number of benzene rings is 2. The molecule has 1 amide bonds. The molecular weight excluding hydrogens is 433 g/mol. The first kappa shape index (κ1) is 22.0. The number of carbonyl (C=O) groups is 1. The third kappa shape index (κ3) is 4.12. The highest BCUT2D eigenvalue weighted by atomic mass is 19.1. The molecule has 0 atom stereocenters. The molecule has 0 N–H and O–H groups in total. The zero-order valence-electron chi connectivity index (χ0n) is 19.0. The van der Waals surface area contributed by atoms with E-state index in [1.807, 2.05) is 47.9 Å². The molecule has 8 heteroatoms. The first-order valence-corrected chi connectivity index (χ1v) is 11.5. The van der Waals surface area contributed by atoms with Crippen molar-refractivity contribution in [1.82, 2.24) is 24.1 Å². The molecule has 0 aliphatic carbocycles. The summed E-state index contributed by atoms with van der Waals surface area (Å²) in [5.41, 5.74) is 2.34. The second-order valence-corrected chi connectivity index (χ2v) is 8.48. The molecule has 3 heterocycles. The maximum atomic E-state index is 14.0. The summed E-state index contributed by atoms with van der Waals surface area (Å²) in [6, 6.07) is 16.0. The molecule has 3 aliphatic heterocycles. The van der Waals surface area contributed by atoms with Crippen LogP contribution in [0.25, 0.3) is 16.9 Å². The van der Waals surface area contributed by atoms with Gasteiger partial charge in [0.15, 0.2) is 0 Å². The lowest BCUT2D eigenvalue weighted by Crippen LogP contribution is -2.48. The number of pyridine rings is 1. The fraction of sp³-hybridized carbons (Fsp3) is 0.269.